The van der Waals surface area contributed by atoms with Crippen molar-refractivity contribution in [3.63, 3.8) is 0 Å². The average Bonchev–Trinajstić information content (AvgIpc) is 1.04. The molecule has 0 spiro atoms. The van der Waals surface area contributed by atoms with Gasteiger partial charge in [-0.2, -0.15) is 34.4 Å². The van der Waals surface area contributed by atoms with Crippen LogP contribution < -0.4 is 62.8 Å². The van der Waals surface area contributed by atoms with Crippen LogP contribution >= 0.6 is 0 Å². The second kappa shape index (κ2) is 46.3. The number of methoxy groups -OCH3 is 8. The van der Waals surface area contributed by atoms with E-state index in [1.54, 1.807) is 140 Å². The number of aryl methyl sites for hydroxylation is 4. The van der Waals surface area contributed by atoms with Crippen LogP contribution in [0.15, 0.2) is 237 Å². The summed E-state index contributed by atoms with van der Waals surface area (Å²) in [5.74, 6) is -2.21. The van der Waals surface area contributed by atoms with E-state index in [2.05, 4.69) is 96.8 Å². The zero-order valence-electron chi connectivity index (χ0n) is 83.7. The van der Waals surface area contributed by atoms with Crippen LogP contribution in [0, 0.1) is 17.2 Å². The van der Waals surface area contributed by atoms with E-state index in [1.165, 1.54) is 14.2 Å². The highest BCUT2D eigenvalue weighted by atomic mass is 19.3. The molecule has 1 amide bonds. The van der Waals surface area contributed by atoms with Gasteiger partial charge in [0.2, 0.25) is 0 Å². The van der Waals surface area contributed by atoms with Gasteiger partial charge < -0.3 is 72.8 Å². The number of aliphatic hydroxyl groups is 1. The predicted molar refractivity (Wildman–Crippen MR) is 554 cm³/mol. The summed E-state index contributed by atoms with van der Waals surface area (Å²) in [4.78, 5) is 66.3. The number of nitrogens with zero attached hydrogens (tertiary/aromatic N) is 24. The number of aromatic nitrogens is 16. The van der Waals surface area contributed by atoms with Gasteiger partial charge in [-0.05, 0) is 112 Å². The Bertz CT molecular complexity index is 7320. The molecule has 2 unspecified atom stereocenters. The number of nitriles is 1. The summed E-state index contributed by atoms with van der Waals surface area (Å²) in [7, 11) is 20.3. The molecule has 35 nitrogen and oxygen atoms in total. The van der Waals surface area contributed by atoms with Crippen molar-refractivity contribution in [2.45, 2.75) is 63.9 Å². The molecule has 146 heavy (non-hydrogen) atoms. The highest BCUT2D eigenvalue weighted by Crippen LogP contribution is 2.42. The number of anilines is 8. The Morgan fingerprint density at radius 1 is 0.479 bits per heavy atom. The van der Waals surface area contributed by atoms with Gasteiger partial charge in [-0.25, -0.2) is 28.7 Å². The fourth-order valence-electron chi connectivity index (χ4n) is 17.4. The Labute approximate surface area is 841 Å². The number of hydrogen-bond donors (Lipinski definition) is 2. The molecule has 3 aliphatic heterocycles. The first-order valence-electron chi connectivity index (χ1n) is 47.3. The Balaban J connectivity index is 0.000000139. The normalized spacial score (nSPS) is 14.1. The lowest BCUT2D eigenvalue weighted by atomic mass is 9.99. The Morgan fingerprint density at radius 3 is 1.16 bits per heavy atom. The molecule has 0 aliphatic carbocycles. The highest BCUT2D eigenvalue weighted by molar-refractivity contribution is 5.90. The number of benzene rings is 8. The third-order valence-corrected chi connectivity index (χ3v) is 24.9. The van der Waals surface area contributed by atoms with Gasteiger partial charge in [-0.1, -0.05) is 6.08 Å². The molecule has 2 fully saturated rings. The second-order valence-electron chi connectivity index (χ2n) is 35.6. The molecule has 8 aromatic heterocycles. The number of alkyl halides is 4. The van der Waals surface area contributed by atoms with Crippen molar-refractivity contribution < 1.29 is 65.4 Å². The van der Waals surface area contributed by atoms with Gasteiger partial charge >= 0.3 is 5.92 Å². The third-order valence-electron chi connectivity index (χ3n) is 24.9. The van der Waals surface area contributed by atoms with Gasteiger partial charge in [-0.3, -0.25) is 53.3 Å². The minimum atomic E-state index is -3.47. The average molecular weight is 1990 g/mol. The van der Waals surface area contributed by atoms with Crippen LogP contribution in [-0.4, -0.2) is 252 Å². The number of rotatable bonds is 34. The molecule has 3 aliphatic rings. The number of amides is 1. The summed E-state index contributed by atoms with van der Waals surface area (Å²) in [6.07, 6.45) is 26.6. The first-order valence-corrected chi connectivity index (χ1v) is 47.3. The van der Waals surface area contributed by atoms with E-state index in [4.69, 9.17) is 62.8 Å². The van der Waals surface area contributed by atoms with Crippen molar-refractivity contribution in [2.24, 2.45) is 39.1 Å². The molecule has 16 aromatic rings. The van der Waals surface area contributed by atoms with Crippen molar-refractivity contribution in [1.82, 2.24) is 94.1 Å². The predicted octanol–water partition coefficient (Wildman–Crippen LogP) is 17.6. The quantitative estimate of drug-likeness (QED) is 0.0354. The molecule has 0 radical (unpaired) electrons. The summed E-state index contributed by atoms with van der Waals surface area (Å²) in [5.41, 5.74) is 21.3. The largest absolute Gasteiger partial charge is 0.497 e. The number of carbonyl (C=O) groups excluding carboxylic acids is 1. The van der Waals surface area contributed by atoms with Crippen molar-refractivity contribution >= 4 is 101 Å². The number of ether oxygens (including phenoxy) is 8. The van der Waals surface area contributed by atoms with Crippen LogP contribution in [0.2, 0.25) is 0 Å². The van der Waals surface area contributed by atoms with Gasteiger partial charge in [0, 0.05) is 258 Å². The van der Waals surface area contributed by atoms with Gasteiger partial charge in [0.25, 0.3) is 11.8 Å². The SMILES string of the molecule is COc1cc(OC)cc(N(CC(O)CN2CCC(F)(F)C2)c2ccc3ncc(-c4cnn(C)c4)nc3c2)c1.COc1cc(OC)cc(N(CC2=CCC(C)=N2)c2ccc3ncc(-c4cnn(C)c4)nc3c2)c1.COc1cc(OC)cc(N(CCCN2CCCC(C#N)C2)c2ccc3ncc(-c4cnn(C)c4)nc3c2)c1.COc1cc(OC)cc(N(CCNC(=O)C(C)(F)F)c2ccc3ncc(-c4cnn(C)c4)nc3c2)c1. The van der Waals surface area contributed by atoms with Gasteiger partial charge in [0.15, 0.2) is 0 Å². The fourth-order valence-corrected chi connectivity index (χ4v) is 17.4. The summed E-state index contributed by atoms with van der Waals surface area (Å²) in [6.45, 7) is 7.20. The van der Waals surface area contributed by atoms with Gasteiger partial charge in [0.1, 0.15) is 46.0 Å². The van der Waals surface area contributed by atoms with Crippen molar-refractivity contribution in [3.05, 3.63) is 232 Å². The smallest absolute Gasteiger partial charge is 0.321 e. The number of piperidine rings is 1. The molecule has 19 rings (SSSR count). The van der Waals surface area contributed by atoms with Crippen molar-refractivity contribution in [1.29, 1.82) is 5.26 Å². The molecule has 0 bridgehead atoms. The van der Waals surface area contributed by atoms with Gasteiger partial charge in [-0.15, -0.1) is 0 Å². The minimum absolute atomic E-state index is 0.0266. The van der Waals surface area contributed by atoms with E-state index >= 15 is 0 Å². The molecule has 0 saturated carbocycles. The van der Waals surface area contributed by atoms with E-state index in [-0.39, 0.29) is 51.6 Å². The summed E-state index contributed by atoms with van der Waals surface area (Å²) in [5, 5.41) is 39.6. The Morgan fingerprint density at radius 2 is 0.836 bits per heavy atom. The number of nitrogens with one attached hydrogen (secondary N) is 1. The van der Waals surface area contributed by atoms with Gasteiger partial charge in [0.05, 0.1) is 217 Å². The standard InChI is InChI=1S/C29H33N7O2.C27H30F2N6O3.C26H26N6O2.C25H26F2N6O3/c1-34-20-22(17-32-34)29-18-31-27-8-7-23(14-28(27)33-29)36(24-12-25(37-2)15-26(13-24)38-3)11-5-10-35-9-4-6-21(16-30)19-35;1-33-14-18(12-31-33)26-13-30-24-5-4-19(10-25(24)32-26)35(20-8-22(37-2)11-23(9-20)38-3)16-21(36)15-34-7-6-27(28,29)17-34;1-17-5-6-19(29-17)16-32(21-9-22(33-3)12-23(10-21)34-4)20-7-8-24-25(11-20)30-26(14-27-24)18-13-28-31(2)15-18;1-25(26,27)24(34)28-7-8-33(18-9-19(35-3)12-20(10-18)36-4)17-5-6-21-22(11-17)31-23(14-29-21)16-13-30-32(2)15-16/h7-8,12-15,17-18,20-21H,4-6,9-11,19H2,1-3H3;4-5,8-14,21,36H,6-7,15-17H2,1-3H3;6-15H,5,16H2,1-4H3;5-6,9-15H,7-8H2,1-4H3,(H,28,34). The number of aliphatic imine (C=N–C) groups is 1. The molecule has 8 aromatic carbocycles. The summed E-state index contributed by atoms with van der Waals surface area (Å²) in [6, 6.07) is 48.4. The van der Waals surface area contributed by atoms with Crippen LogP contribution in [0.1, 0.15) is 46.0 Å². The molecule has 2 saturated heterocycles. The maximum Gasteiger partial charge on any atom is 0.321 e. The Kier molecular flexibility index (Phi) is 32.5. The lowest BCUT2D eigenvalue weighted by molar-refractivity contribution is -0.142. The molecule has 11 heterocycles. The monoisotopic (exact) mass is 1990 g/mol. The van der Waals surface area contributed by atoms with E-state index in [0.717, 1.165) is 170 Å². The third kappa shape index (κ3) is 25.8. The fraction of sp³-hybridized carbons (Fsp3) is 0.318. The molecule has 39 heteroatoms. The topological polar surface area (TPSA) is 353 Å². The number of β-amino-alcohol motifs (C(OH)–C–C–N with tert-alkyl or cyclic N) is 1. The number of aliphatic hydroxyl groups excluding tert-OH is 1. The van der Waals surface area contributed by atoms with Crippen LogP contribution in [-0.2, 0) is 33.0 Å². The number of allylic oxidation sites excluding steroid dienone is 1. The maximum atomic E-state index is 13.7. The molecule has 756 valence electrons. The number of hydrogen-bond acceptors (Lipinski definition) is 30. The van der Waals surface area contributed by atoms with Crippen molar-refractivity contribution in [2.75, 3.05) is 148 Å². The zero-order valence-corrected chi connectivity index (χ0v) is 83.7. The molecular formula is C107H115F4N25O10. The van der Waals surface area contributed by atoms with Crippen molar-refractivity contribution in [3.8, 4) is 97.1 Å². The van der Waals surface area contributed by atoms with E-state index < -0.39 is 23.9 Å². The van der Waals surface area contributed by atoms with E-state index in [9.17, 15) is 32.7 Å². The highest BCUT2D eigenvalue weighted by Gasteiger charge is 2.39. The van der Waals surface area contributed by atoms with Crippen LogP contribution in [0.25, 0.3) is 89.2 Å². The first kappa shape index (κ1) is 102. The zero-order chi connectivity index (χ0) is 103. The number of halogens is 4. The number of carbonyl (C=O) groups is 1. The Hall–Kier alpha value is -16.5. The number of likely N-dealkylation sites (tertiary alicyclic amines) is 2. The number of fused-ring (bicyclic) bond motifs is 4. The lowest BCUT2D eigenvalue weighted by Gasteiger charge is -2.31. The molecule has 2 atom stereocenters. The maximum absolute atomic E-state index is 13.7. The first-order chi connectivity index (χ1) is 70.5. The summed E-state index contributed by atoms with van der Waals surface area (Å²) < 4.78 is 105. The lowest BCUT2D eigenvalue weighted by Crippen LogP contribution is -2.41. The minimum Gasteiger partial charge on any atom is -0.497 e. The summed E-state index contributed by atoms with van der Waals surface area (Å²) >= 11 is 0. The van der Waals surface area contributed by atoms with E-state index in [0.29, 0.717) is 87.0 Å². The molecule has 2 N–H and O–H groups in total. The van der Waals surface area contributed by atoms with Crippen LogP contribution in [0.5, 0.6) is 46.0 Å². The second-order valence-corrected chi connectivity index (χ2v) is 35.6. The van der Waals surface area contributed by atoms with E-state index in [1.807, 2.05) is 167 Å². The van der Waals surface area contributed by atoms with Crippen LogP contribution in [0.4, 0.5) is 63.1 Å². The molecular weight excluding hydrogens is 1870 g/mol. The van der Waals surface area contributed by atoms with Crippen LogP contribution in [0.3, 0.4) is 0 Å².